The minimum atomic E-state index is 0.256. The fourth-order valence-electron chi connectivity index (χ4n) is 2.21. The highest BCUT2D eigenvalue weighted by Gasteiger charge is 2.06. The van der Waals surface area contributed by atoms with Crippen molar-refractivity contribution in [2.45, 2.75) is 32.6 Å². The molecule has 2 aromatic carbocycles. The molecule has 0 bridgehead atoms. The van der Waals surface area contributed by atoms with E-state index in [4.69, 9.17) is 0 Å². The first-order chi connectivity index (χ1) is 9.29. The molecule has 0 N–H and O–H groups in total. The molecule has 0 fully saturated rings. The van der Waals surface area contributed by atoms with Gasteiger partial charge in [-0.25, -0.2) is 0 Å². The summed E-state index contributed by atoms with van der Waals surface area (Å²) in [5, 5.41) is 0. The van der Waals surface area contributed by atoms with E-state index in [-0.39, 0.29) is 5.78 Å². The monoisotopic (exact) mass is 252 g/mol. The minimum absolute atomic E-state index is 0.256. The molecule has 1 nitrogen and oxygen atoms in total. The standard InChI is InChI=1S/C18H20O/c1-2-15-10-6-12-17(14-15)18(19)13-7-11-16-8-4-3-5-9-16/h3-6,8-10,12,14H,2,7,11,13H2,1H3. The fraction of sp³-hybridized carbons (Fsp3) is 0.278. The van der Waals surface area contributed by atoms with Crippen molar-refractivity contribution in [3.05, 3.63) is 71.3 Å². The highest BCUT2D eigenvalue weighted by molar-refractivity contribution is 5.96. The highest BCUT2D eigenvalue weighted by atomic mass is 16.1. The normalized spacial score (nSPS) is 10.4. The van der Waals surface area contributed by atoms with E-state index in [1.807, 2.05) is 36.4 Å². The second-order valence-electron chi connectivity index (χ2n) is 4.82. The van der Waals surface area contributed by atoms with E-state index in [0.717, 1.165) is 24.8 Å². The van der Waals surface area contributed by atoms with Crippen LogP contribution in [-0.4, -0.2) is 5.78 Å². The maximum absolute atomic E-state index is 12.1. The third-order valence-corrected chi connectivity index (χ3v) is 3.37. The van der Waals surface area contributed by atoms with Gasteiger partial charge in [0.2, 0.25) is 0 Å². The zero-order chi connectivity index (χ0) is 13.5. The van der Waals surface area contributed by atoms with Gasteiger partial charge in [-0.05, 0) is 36.5 Å². The predicted molar refractivity (Wildman–Crippen MR) is 79.5 cm³/mol. The lowest BCUT2D eigenvalue weighted by atomic mass is 10.0. The van der Waals surface area contributed by atoms with Gasteiger partial charge in [0, 0.05) is 12.0 Å². The van der Waals surface area contributed by atoms with Crippen molar-refractivity contribution in [2.24, 2.45) is 0 Å². The molecule has 0 aliphatic rings. The molecule has 19 heavy (non-hydrogen) atoms. The molecular weight excluding hydrogens is 232 g/mol. The van der Waals surface area contributed by atoms with Crippen LogP contribution in [0.5, 0.6) is 0 Å². The Morgan fingerprint density at radius 2 is 1.68 bits per heavy atom. The summed E-state index contributed by atoms with van der Waals surface area (Å²) in [5.41, 5.74) is 3.39. The molecule has 0 atom stereocenters. The smallest absolute Gasteiger partial charge is 0.162 e. The SMILES string of the molecule is CCc1cccc(C(=O)CCCc2ccccc2)c1. The van der Waals surface area contributed by atoms with E-state index in [2.05, 4.69) is 25.1 Å². The van der Waals surface area contributed by atoms with Gasteiger partial charge in [0.25, 0.3) is 0 Å². The van der Waals surface area contributed by atoms with Crippen LogP contribution in [0.1, 0.15) is 41.3 Å². The fourth-order valence-corrected chi connectivity index (χ4v) is 2.21. The summed E-state index contributed by atoms with van der Waals surface area (Å²) in [4.78, 5) is 12.1. The Bertz CT molecular complexity index is 528. The zero-order valence-electron chi connectivity index (χ0n) is 11.4. The average Bonchev–Trinajstić information content (AvgIpc) is 2.48. The summed E-state index contributed by atoms with van der Waals surface area (Å²) in [6.45, 7) is 2.11. The lowest BCUT2D eigenvalue weighted by molar-refractivity contribution is 0.0980. The molecular formula is C18H20O. The van der Waals surface area contributed by atoms with Crippen LogP contribution in [0.4, 0.5) is 0 Å². The average molecular weight is 252 g/mol. The van der Waals surface area contributed by atoms with Crippen molar-refractivity contribution in [3.63, 3.8) is 0 Å². The van der Waals surface area contributed by atoms with Crippen LogP contribution in [0.2, 0.25) is 0 Å². The van der Waals surface area contributed by atoms with Gasteiger partial charge in [-0.1, -0.05) is 55.5 Å². The van der Waals surface area contributed by atoms with Crippen LogP contribution in [0.25, 0.3) is 0 Å². The molecule has 0 amide bonds. The number of carbonyl (C=O) groups excluding carboxylic acids is 1. The van der Waals surface area contributed by atoms with E-state index >= 15 is 0 Å². The number of carbonyl (C=O) groups is 1. The van der Waals surface area contributed by atoms with Crippen molar-refractivity contribution < 1.29 is 4.79 Å². The molecule has 1 heteroatoms. The number of aryl methyl sites for hydroxylation is 2. The van der Waals surface area contributed by atoms with Crippen molar-refractivity contribution in [2.75, 3.05) is 0 Å². The van der Waals surface area contributed by atoms with Crippen molar-refractivity contribution >= 4 is 5.78 Å². The van der Waals surface area contributed by atoms with E-state index in [1.54, 1.807) is 0 Å². The van der Waals surface area contributed by atoms with Gasteiger partial charge in [0.15, 0.2) is 5.78 Å². The number of rotatable bonds is 6. The van der Waals surface area contributed by atoms with Crippen molar-refractivity contribution in [1.29, 1.82) is 0 Å². The van der Waals surface area contributed by atoms with Crippen LogP contribution in [0.3, 0.4) is 0 Å². The molecule has 0 saturated carbocycles. The molecule has 0 spiro atoms. The lowest BCUT2D eigenvalue weighted by Gasteiger charge is -2.04. The summed E-state index contributed by atoms with van der Waals surface area (Å²) < 4.78 is 0. The largest absolute Gasteiger partial charge is 0.294 e. The molecule has 0 unspecified atom stereocenters. The number of ketones is 1. The Morgan fingerprint density at radius 3 is 2.42 bits per heavy atom. The quantitative estimate of drug-likeness (QED) is 0.694. The van der Waals surface area contributed by atoms with Crippen molar-refractivity contribution in [1.82, 2.24) is 0 Å². The van der Waals surface area contributed by atoms with E-state index in [9.17, 15) is 4.79 Å². The molecule has 0 heterocycles. The molecule has 0 saturated heterocycles. The summed E-state index contributed by atoms with van der Waals surface area (Å²) in [5.74, 6) is 0.256. The maximum Gasteiger partial charge on any atom is 0.162 e. The minimum Gasteiger partial charge on any atom is -0.294 e. The summed E-state index contributed by atoms with van der Waals surface area (Å²) >= 11 is 0. The van der Waals surface area contributed by atoms with Crippen LogP contribution in [0.15, 0.2) is 54.6 Å². The summed E-state index contributed by atoms with van der Waals surface area (Å²) in [6, 6.07) is 18.3. The Hall–Kier alpha value is -1.89. The lowest BCUT2D eigenvalue weighted by Crippen LogP contribution is -2.00. The Kier molecular flexibility index (Phi) is 4.91. The Morgan fingerprint density at radius 1 is 0.947 bits per heavy atom. The molecule has 0 aromatic heterocycles. The number of benzene rings is 2. The first-order valence-corrected chi connectivity index (χ1v) is 6.95. The van der Waals surface area contributed by atoms with Crippen LogP contribution in [-0.2, 0) is 12.8 Å². The topological polar surface area (TPSA) is 17.1 Å². The van der Waals surface area contributed by atoms with Gasteiger partial charge < -0.3 is 0 Å². The number of hydrogen-bond acceptors (Lipinski definition) is 1. The van der Waals surface area contributed by atoms with Crippen LogP contribution in [0, 0.1) is 0 Å². The van der Waals surface area contributed by atoms with E-state index < -0.39 is 0 Å². The Balaban J connectivity index is 1.87. The van der Waals surface area contributed by atoms with Crippen LogP contribution >= 0.6 is 0 Å². The second-order valence-corrected chi connectivity index (χ2v) is 4.82. The van der Waals surface area contributed by atoms with Crippen LogP contribution < -0.4 is 0 Å². The molecule has 2 rings (SSSR count). The van der Waals surface area contributed by atoms with Gasteiger partial charge >= 0.3 is 0 Å². The molecule has 0 aliphatic heterocycles. The molecule has 0 aliphatic carbocycles. The van der Waals surface area contributed by atoms with E-state index in [0.29, 0.717) is 6.42 Å². The molecule has 98 valence electrons. The van der Waals surface area contributed by atoms with Gasteiger partial charge in [-0.3, -0.25) is 4.79 Å². The zero-order valence-corrected chi connectivity index (χ0v) is 11.4. The van der Waals surface area contributed by atoms with Gasteiger partial charge in [-0.15, -0.1) is 0 Å². The third kappa shape index (κ3) is 4.06. The van der Waals surface area contributed by atoms with Crippen molar-refractivity contribution in [3.8, 4) is 0 Å². The predicted octanol–water partition coefficient (Wildman–Crippen LogP) is 4.45. The first kappa shape index (κ1) is 13.5. The summed E-state index contributed by atoms with van der Waals surface area (Å²) in [6.07, 6.45) is 3.49. The van der Waals surface area contributed by atoms with Gasteiger partial charge in [-0.2, -0.15) is 0 Å². The third-order valence-electron chi connectivity index (χ3n) is 3.37. The molecule has 2 aromatic rings. The second kappa shape index (κ2) is 6.89. The number of Topliss-reactive ketones (excluding diaryl/α,β-unsaturated/α-hetero) is 1. The first-order valence-electron chi connectivity index (χ1n) is 6.95. The summed E-state index contributed by atoms with van der Waals surface area (Å²) in [7, 11) is 0. The molecule has 0 radical (unpaired) electrons. The van der Waals surface area contributed by atoms with E-state index in [1.165, 1.54) is 11.1 Å². The number of hydrogen-bond donors (Lipinski definition) is 0. The highest BCUT2D eigenvalue weighted by Crippen LogP contribution is 2.11. The Labute approximate surface area is 115 Å². The van der Waals surface area contributed by atoms with Gasteiger partial charge in [0.1, 0.15) is 0 Å². The maximum atomic E-state index is 12.1. The van der Waals surface area contributed by atoms with Gasteiger partial charge in [0.05, 0.1) is 0 Å².